The second-order valence-electron chi connectivity index (χ2n) is 7.28. The summed E-state index contributed by atoms with van der Waals surface area (Å²) in [7, 11) is -5.67. The van der Waals surface area contributed by atoms with Crippen molar-refractivity contribution in [2.24, 2.45) is 0 Å². The number of sulfonamides is 1. The number of ether oxygens (including phenoxy) is 2. The van der Waals surface area contributed by atoms with Gasteiger partial charge in [-0.15, -0.1) is 0 Å². The van der Waals surface area contributed by atoms with Crippen LogP contribution in [0.2, 0.25) is 5.02 Å². The maximum absolute atomic E-state index is 13.4. The van der Waals surface area contributed by atoms with E-state index in [1.807, 2.05) is 0 Å². The van der Waals surface area contributed by atoms with Gasteiger partial charge in [0, 0.05) is 25.7 Å². The number of morpholine rings is 1. The van der Waals surface area contributed by atoms with Crippen LogP contribution in [0.15, 0.2) is 23.1 Å². The summed E-state index contributed by atoms with van der Waals surface area (Å²) in [6, 6.07) is 3.75. The molecule has 0 bridgehead atoms. The molecule has 2 aliphatic rings. The Bertz CT molecular complexity index is 916. The Balaban J connectivity index is 1.80. The molecule has 0 amide bonds. The maximum atomic E-state index is 13.4. The normalized spacial score (nSPS) is 22.8. The molecule has 0 radical (unpaired) electrons. The van der Waals surface area contributed by atoms with E-state index in [9.17, 15) is 16.8 Å². The molecule has 8 nitrogen and oxygen atoms in total. The second kappa shape index (κ2) is 9.49. The largest absolute Gasteiger partial charge is 0.495 e. The monoisotopic (exact) mass is 466 g/mol. The molecule has 3 rings (SSSR count). The summed E-state index contributed by atoms with van der Waals surface area (Å²) in [4.78, 5) is 2.27. The minimum Gasteiger partial charge on any atom is -0.495 e. The van der Waals surface area contributed by atoms with Crippen molar-refractivity contribution in [1.82, 2.24) is 9.21 Å². The number of halogens is 1. The van der Waals surface area contributed by atoms with Crippen LogP contribution in [0.1, 0.15) is 12.8 Å². The lowest BCUT2D eigenvalue weighted by Crippen LogP contribution is -2.43. The Hall–Kier alpha value is -0.910. The number of nitrogens with zero attached hydrogens (tertiary/aromatic N) is 2. The van der Waals surface area contributed by atoms with Gasteiger partial charge in [-0.05, 0) is 37.6 Å². The Kier molecular flexibility index (Phi) is 7.45. The molecule has 164 valence electrons. The fourth-order valence-corrected chi connectivity index (χ4v) is 7.59. The summed E-state index contributed by atoms with van der Waals surface area (Å²) in [5.74, 6) is 0.248. The molecule has 2 fully saturated rings. The van der Waals surface area contributed by atoms with Gasteiger partial charge in [0.15, 0.2) is 9.84 Å². The van der Waals surface area contributed by atoms with Gasteiger partial charge >= 0.3 is 0 Å². The van der Waals surface area contributed by atoms with Crippen LogP contribution in [0.3, 0.4) is 0 Å². The van der Waals surface area contributed by atoms with Gasteiger partial charge in [-0.1, -0.05) is 11.6 Å². The van der Waals surface area contributed by atoms with Crippen molar-refractivity contribution in [2.75, 3.05) is 58.0 Å². The molecule has 29 heavy (non-hydrogen) atoms. The third kappa shape index (κ3) is 5.62. The quantitative estimate of drug-likeness (QED) is 0.569. The number of hydrogen-bond acceptors (Lipinski definition) is 7. The lowest BCUT2D eigenvalue weighted by molar-refractivity contribution is 0.0367. The molecular formula is C18H27ClN2O6S2. The first-order valence-corrected chi connectivity index (χ1v) is 13.2. The van der Waals surface area contributed by atoms with Gasteiger partial charge in [-0.3, -0.25) is 4.90 Å². The summed E-state index contributed by atoms with van der Waals surface area (Å²) < 4.78 is 62.5. The van der Waals surface area contributed by atoms with Gasteiger partial charge in [0.2, 0.25) is 10.0 Å². The second-order valence-corrected chi connectivity index (χ2v) is 11.8. The minimum atomic E-state index is -3.90. The van der Waals surface area contributed by atoms with Crippen LogP contribution in [0.4, 0.5) is 0 Å². The van der Waals surface area contributed by atoms with Gasteiger partial charge in [0.1, 0.15) is 5.75 Å². The lowest BCUT2D eigenvalue weighted by Gasteiger charge is -2.30. The Morgan fingerprint density at radius 3 is 2.62 bits per heavy atom. The maximum Gasteiger partial charge on any atom is 0.243 e. The van der Waals surface area contributed by atoms with Crippen molar-refractivity contribution in [3.63, 3.8) is 0 Å². The summed E-state index contributed by atoms with van der Waals surface area (Å²) in [5, 5.41) is 0.195. The average molecular weight is 467 g/mol. The van der Waals surface area contributed by atoms with Crippen molar-refractivity contribution in [3.8, 4) is 5.75 Å². The van der Waals surface area contributed by atoms with Crippen LogP contribution in [0.25, 0.3) is 0 Å². The fraction of sp³-hybridized carbons (Fsp3) is 0.667. The van der Waals surface area contributed by atoms with E-state index in [0.717, 1.165) is 19.6 Å². The van der Waals surface area contributed by atoms with E-state index in [1.54, 1.807) is 0 Å². The molecule has 1 atom stereocenters. The first kappa shape index (κ1) is 22.8. The zero-order valence-corrected chi connectivity index (χ0v) is 18.8. The zero-order chi connectivity index (χ0) is 21.1. The van der Waals surface area contributed by atoms with Crippen LogP contribution >= 0.6 is 11.6 Å². The highest BCUT2D eigenvalue weighted by atomic mass is 35.5. The van der Waals surface area contributed by atoms with Gasteiger partial charge < -0.3 is 9.47 Å². The number of benzene rings is 1. The number of hydrogen-bond donors (Lipinski definition) is 0. The Labute approximate surface area is 177 Å². The van der Waals surface area contributed by atoms with Crippen molar-refractivity contribution in [1.29, 1.82) is 0 Å². The summed E-state index contributed by atoms with van der Waals surface area (Å²) in [6.07, 6.45) is 0.919. The standard InChI is InChI=1S/C18H27ClN2O6S2/c1-26-18-4-3-16(13-17(18)19)29(24,25)21(15-5-12-28(22,23)14-15)7-2-6-20-8-10-27-11-9-20/h3-4,13,15H,2,5-12,14H2,1H3. The van der Waals surface area contributed by atoms with Gasteiger partial charge in [-0.2, -0.15) is 4.31 Å². The molecule has 2 heterocycles. The highest BCUT2D eigenvalue weighted by Crippen LogP contribution is 2.31. The van der Waals surface area contributed by atoms with E-state index >= 15 is 0 Å². The molecule has 0 saturated carbocycles. The molecule has 1 unspecified atom stereocenters. The molecule has 0 aliphatic carbocycles. The minimum absolute atomic E-state index is 0.0104. The third-order valence-electron chi connectivity index (χ3n) is 5.30. The van der Waals surface area contributed by atoms with E-state index in [2.05, 4.69) is 4.90 Å². The van der Waals surface area contributed by atoms with E-state index < -0.39 is 25.9 Å². The molecule has 2 aliphatic heterocycles. The van der Waals surface area contributed by atoms with Crippen LogP contribution in [-0.4, -0.2) is 90.1 Å². The molecule has 0 aromatic heterocycles. The topological polar surface area (TPSA) is 93.2 Å². The molecule has 0 spiro atoms. The van der Waals surface area contributed by atoms with Gasteiger partial charge in [0.25, 0.3) is 0 Å². The molecule has 0 N–H and O–H groups in total. The van der Waals surface area contributed by atoms with E-state index in [1.165, 1.54) is 29.6 Å². The Morgan fingerprint density at radius 1 is 1.31 bits per heavy atom. The van der Waals surface area contributed by atoms with Crippen LogP contribution < -0.4 is 4.74 Å². The molecule has 11 heteroatoms. The third-order valence-corrected chi connectivity index (χ3v) is 9.30. The predicted octanol–water partition coefficient (Wildman–Crippen LogP) is 1.25. The predicted molar refractivity (Wildman–Crippen MR) is 111 cm³/mol. The molecule has 1 aromatic carbocycles. The van der Waals surface area contributed by atoms with E-state index in [4.69, 9.17) is 21.1 Å². The summed E-state index contributed by atoms with van der Waals surface area (Å²) >= 11 is 6.13. The van der Waals surface area contributed by atoms with Crippen LogP contribution in [-0.2, 0) is 24.6 Å². The summed E-state index contributed by atoms with van der Waals surface area (Å²) in [6.45, 7) is 3.97. The van der Waals surface area contributed by atoms with E-state index in [0.29, 0.717) is 31.8 Å². The first-order valence-electron chi connectivity index (χ1n) is 9.59. The number of sulfone groups is 1. The Morgan fingerprint density at radius 2 is 2.03 bits per heavy atom. The molecule has 2 saturated heterocycles. The van der Waals surface area contributed by atoms with Crippen molar-refractivity contribution in [3.05, 3.63) is 23.2 Å². The van der Waals surface area contributed by atoms with Crippen molar-refractivity contribution in [2.45, 2.75) is 23.8 Å². The van der Waals surface area contributed by atoms with Crippen LogP contribution in [0.5, 0.6) is 5.75 Å². The number of rotatable bonds is 8. The fourth-order valence-electron chi connectivity index (χ4n) is 3.72. The highest BCUT2D eigenvalue weighted by Gasteiger charge is 2.38. The SMILES string of the molecule is COc1ccc(S(=O)(=O)N(CCCN2CCOCC2)C2CCS(=O)(=O)C2)cc1Cl. The number of methoxy groups -OCH3 is 1. The summed E-state index contributed by atoms with van der Waals surface area (Å²) in [5.41, 5.74) is 0. The average Bonchev–Trinajstić information content (AvgIpc) is 3.05. The van der Waals surface area contributed by atoms with Crippen molar-refractivity contribution >= 4 is 31.5 Å². The zero-order valence-electron chi connectivity index (χ0n) is 16.4. The molecule has 1 aromatic rings. The highest BCUT2D eigenvalue weighted by molar-refractivity contribution is 7.92. The van der Waals surface area contributed by atoms with Crippen molar-refractivity contribution < 1.29 is 26.3 Å². The lowest BCUT2D eigenvalue weighted by atomic mass is 10.2. The van der Waals surface area contributed by atoms with Gasteiger partial charge in [-0.25, -0.2) is 16.8 Å². The molecular weight excluding hydrogens is 440 g/mol. The van der Waals surface area contributed by atoms with Gasteiger partial charge in [0.05, 0.1) is 41.7 Å². The van der Waals surface area contributed by atoms with E-state index in [-0.39, 0.29) is 28.0 Å². The first-order chi connectivity index (χ1) is 13.7. The van der Waals surface area contributed by atoms with Crippen LogP contribution in [0, 0.1) is 0 Å². The smallest absolute Gasteiger partial charge is 0.243 e.